The van der Waals surface area contributed by atoms with Crippen molar-refractivity contribution in [3.05, 3.63) is 75.5 Å². The van der Waals surface area contributed by atoms with Crippen molar-refractivity contribution in [2.24, 2.45) is 0 Å². The number of nitrogens with zero attached hydrogens (tertiary/aromatic N) is 1. The predicted molar refractivity (Wildman–Crippen MR) is 105 cm³/mol. The van der Waals surface area contributed by atoms with Crippen LogP contribution in [0.25, 0.3) is 17.2 Å². The summed E-state index contributed by atoms with van der Waals surface area (Å²) in [5, 5.41) is 2.84. The van der Waals surface area contributed by atoms with Crippen molar-refractivity contribution in [1.29, 1.82) is 0 Å². The second kappa shape index (κ2) is 6.92. The Morgan fingerprint density at radius 2 is 1.89 bits per heavy atom. The fourth-order valence-corrected chi connectivity index (χ4v) is 7.31. The zero-order valence-electron chi connectivity index (χ0n) is 14.3. The van der Waals surface area contributed by atoms with Crippen molar-refractivity contribution < 1.29 is 49.5 Å². The Kier molecular flexibility index (Phi) is 5.14. The molecule has 2 heterocycles. The average molecular weight is 553 g/mol. The molecule has 0 saturated carbocycles. The Balaban J connectivity index is 0.000000900. The van der Waals surface area contributed by atoms with Crippen LogP contribution in [0.3, 0.4) is 0 Å². The number of hydrogen-bond acceptors (Lipinski definition) is 2. The molecule has 2 aliphatic carbocycles. The number of thioether (sulfide) groups is 1. The summed E-state index contributed by atoms with van der Waals surface area (Å²) < 4.78 is 2.86. The van der Waals surface area contributed by atoms with E-state index in [1.54, 1.807) is 43.4 Å². The summed E-state index contributed by atoms with van der Waals surface area (Å²) in [6, 6.07) is 13.7. The van der Waals surface area contributed by atoms with Crippen molar-refractivity contribution in [2.45, 2.75) is 12.5 Å². The molecule has 1 nitrogen and oxygen atoms in total. The summed E-state index contributed by atoms with van der Waals surface area (Å²) in [6.45, 7) is 0. The van der Waals surface area contributed by atoms with Gasteiger partial charge in [-0.1, -0.05) is 0 Å². The summed E-state index contributed by atoms with van der Waals surface area (Å²) in [6.07, 6.45) is 3.62. The molecule has 1 fully saturated rings. The summed E-state index contributed by atoms with van der Waals surface area (Å²) in [7, 11) is 2.22. The first-order chi connectivity index (χ1) is 12.1. The largest absolute Gasteiger partial charge is 1.00 e. The fourth-order valence-electron chi connectivity index (χ4n) is 4.49. The van der Waals surface area contributed by atoms with Gasteiger partial charge in [0, 0.05) is 0 Å². The molecular formula is C21H13BrCl2NSZr. The summed E-state index contributed by atoms with van der Waals surface area (Å²) in [4.78, 5) is 5.54. The Labute approximate surface area is 198 Å². The standard InChI is InChI=1S/C21H13BrNS.2ClH.Zr/c1-23-16-5-3-2-4-12(16)20-11-6-8-15(22)19(14(11)10-17(20)23)13-7-9-18-21(13)24-18;;;/h2-6,8,10,17H,7H2,1H3;2*1H;/q;;;+2/p-2. The van der Waals surface area contributed by atoms with Crippen LogP contribution in [0.5, 0.6) is 0 Å². The first kappa shape index (κ1) is 20.0. The van der Waals surface area contributed by atoms with Crippen LogP contribution in [-0.2, 0) is 24.7 Å². The Hall–Kier alpha value is -0.247. The number of para-hydroxylation sites is 1. The number of halogens is 3. The van der Waals surface area contributed by atoms with Gasteiger partial charge < -0.3 is 24.8 Å². The monoisotopic (exact) mass is 550 g/mol. The minimum absolute atomic E-state index is 0. The Morgan fingerprint density at radius 3 is 2.59 bits per heavy atom. The van der Waals surface area contributed by atoms with Gasteiger partial charge in [-0.2, -0.15) is 0 Å². The molecule has 4 aliphatic rings. The number of rotatable bonds is 1. The first-order valence-corrected chi connectivity index (χ1v) is 11.2. The molecule has 1 atom stereocenters. The topological polar surface area (TPSA) is 3.24 Å². The van der Waals surface area contributed by atoms with E-state index in [2.05, 4.69) is 70.4 Å². The number of allylic oxidation sites excluding steroid dienone is 2. The van der Waals surface area contributed by atoms with Crippen molar-refractivity contribution in [3.63, 3.8) is 0 Å². The van der Waals surface area contributed by atoms with E-state index in [0.717, 1.165) is 6.42 Å². The average Bonchev–Trinajstić information content (AvgIpc) is 3.14. The Bertz CT molecular complexity index is 1200. The molecule has 0 N–H and O–H groups in total. The van der Waals surface area contributed by atoms with Crippen molar-refractivity contribution in [1.82, 2.24) is 0 Å². The second-order valence-corrected chi connectivity index (χ2v) is 10.3. The number of likely N-dealkylation sites (N-methyl/N-ethyl adjacent to an activating group) is 1. The van der Waals surface area contributed by atoms with Gasteiger partial charge in [0.25, 0.3) is 0 Å². The van der Waals surface area contributed by atoms with Gasteiger partial charge in [-0.15, -0.1) is 0 Å². The third kappa shape index (κ3) is 2.67. The molecule has 2 aromatic carbocycles. The van der Waals surface area contributed by atoms with Crippen LogP contribution in [0.15, 0.2) is 54.0 Å². The van der Waals surface area contributed by atoms with Gasteiger partial charge in [0.05, 0.1) is 0 Å². The van der Waals surface area contributed by atoms with E-state index in [1.165, 1.54) is 37.3 Å². The third-order valence-corrected chi connectivity index (χ3v) is 8.93. The van der Waals surface area contributed by atoms with Crippen LogP contribution in [0, 0.1) is 0 Å². The molecule has 0 amide bonds. The molecule has 6 heteroatoms. The quantitative estimate of drug-likeness (QED) is 0.373. The molecule has 0 radical (unpaired) electrons. The Morgan fingerprint density at radius 1 is 1.11 bits per heavy atom. The maximum atomic E-state index is 3.86. The van der Waals surface area contributed by atoms with Crippen molar-refractivity contribution in [3.8, 4) is 0 Å². The predicted octanol–water partition coefficient (Wildman–Crippen LogP) is -2.11. The van der Waals surface area contributed by atoms with Crippen molar-refractivity contribution >= 4 is 50.6 Å². The van der Waals surface area contributed by atoms with Gasteiger partial charge in [-0.3, -0.25) is 0 Å². The SMILES string of the molecule is CN1c2ccccc2C2=c3ccc(Br)c(C4=C5SC5=[C]([Zr+2])C4)c3=CC21.[Cl-].[Cl-]. The zero-order valence-corrected chi connectivity index (χ0v) is 20.7. The number of anilines is 1. The van der Waals surface area contributed by atoms with Gasteiger partial charge in [-0.05, 0) is 0 Å². The first-order valence-electron chi connectivity index (χ1n) is 8.38. The molecule has 0 aromatic heterocycles. The summed E-state index contributed by atoms with van der Waals surface area (Å²) in [5.74, 6) is 0. The normalized spacial score (nSPS) is 20.5. The molecule has 27 heavy (non-hydrogen) atoms. The van der Waals surface area contributed by atoms with E-state index in [4.69, 9.17) is 0 Å². The maximum Gasteiger partial charge on any atom is -1.00 e. The van der Waals surface area contributed by atoms with Crippen LogP contribution in [0.2, 0.25) is 0 Å². The van der Waals surface area contributed by atoms with E-state index >= 15 is 0 Å². The minimum Gasteiger partial charge on any atom is -1.00 e. The van der Waals surface area contributed by atoms with Crippen LogP contribution < -0.4 is 40.2 Å². The summed E-state index contributed by atoms with van der Waals surface area (Å²) >= 11 is 7.41. The molecule has 133 valence electrons. The molecule has 0 spiro atoms. The third-order valence-electron chi connectivity index (χ3n) is 5.67. The van der Waals surface area contributed by atoms with Gasteiger partial charge >= 0.3 is 175 Å². The van der Waals surface area contributed by atoms with Crippen LogP contribution >= 0.6 is 27.7 Å². The van der Waals surface area contributed by atoms with E-state index in [1.807, 2.05) is 11.8 Å². The molecular weight excluding hydrogens is 540 g/mol. The van der Waals surface area contributed by atoms with Crippen molar-refractivity contribution in [2.75, 3.05) is 11.9 Å². The smallest absolute Gasteiger partial charge is 1.00 e. The molecule has 0 bridgehead atoms. The van der Waals surface area contributed by atoms with Crippen LogP contribution in [-0.4, -0.2) is 13.1 Å². The van der Waals surface area contributed by atoms with Gasteiger partial charge in [-0.25, -0.2) is 0 Å². The number of benzene rings is 2. The van der Waals surface area contributed by atoms with Crippen LogP contribution in [0.1, 0.15) is 17.5 Å². The minimum atomic E-state index is 0. The fraction of sp³-hybridized carbons (Fsp3) is 0.143. The number of fused-ring (bicyclic) bond motifs is 5. The number of hydrogen-bond donors (Lipinski definition) is 0. The van der Waals surface area contributed by atoms with Gasteiger partial charge in [0.1, 0.15) is 0 Å². The van der Waals surface area contributed by atoms with E-state index in [9.17, 15) is 0 Å². The maximum absolute atomic E-state index is 3.86. The summed E-state index contributed by atoms with van der Waals surface area (Å²) in [5.41, 5.74) is 7.19. The molecule has 2 aliphatic heterocycles. The van der Waals surface area contributed by atoms with E-state index in [0.29, 0.717) is 6.04 Å². The molecule has 6 rings (SSSR count). The van der Waals surface area contributed by atoms with Gasteiger partial charge in [0.15, 0.2) is 0 Å². The van der Waals surface area contributed by atoms with Gasteiger partial charge in [0.2, 0.25) is 0 Å². The molecule has 1 unspecified atom stereocenters. The second-order valence-electron chi connectivity index (χ2n) is 6.93. The molecule has 2 aromatic rings. The van der Waals surface area contributed by atoms with Crippen LogP contribution in [0.4, 0.5) is 5.69 Å². The van der Waals surface area contributed by atoms with E-state index < -0.39 is 0 Å². The zero-order chi connectivity index (χ0) is 16.9. The molecule has 1 saturated heterocycles. The van der Waals surface area contributed by atoms with E-state index in [-0.39, 0.29) is 24.8 Å².